The normalized spacial score (nSPS) is 14.6. The number of carbonyl (C=O) groups excluding carboxylic acids is 1. The van der Waals surface area contributed by atoms with Gasteiger partial charge in [-0.25, -0.2) is 0 Å². The van der Waals surface area contributed by atoms with Crippen molar-refractivity contribution in [2.45, 2.75) is 45.1 Å². The van der Waals surface area contributed by atoms with Crippen LogP contribution in [0.4, 0.5) is 5.69 Å². The molecule has 2 aromatic rings. The van der Waals surface area contributed by atoms with E-state index in [0.717, 1.165) is 24.3 Å². The fourth-order valence-corrected chi connectivity index (χ4v) is 3.25. The number of para-hydroxylation sites is 1. The molecule has 24 heavy (non-hydrogen) atoms. The SMILES string of the molecule is CC[C@@H](Oc1ccc2c(c1)CCCC2)C(=O)N(C)c1ccccc1. The van der Waals surface area contributed by atoms with E-state index in [-0.39, 0.29) is 5.91 Å². The Labute approximate surface area is 144 Å². The van der Waals surface area contributed by atoms with E-state index < -0.39 is 6.10 Å². The van der Waals surface area contributed by atoms with Crippen LogP contribution in [-0.4, -0.2) is 19.1 Å². The summed E-state index contributed by atoms with van der Waals surface area (Å²) < 4.78 is 6.04. The molecule has 3 nitrogen and oxygen atoms in total. The molecule has 0 saturated carbocycles. The molecule has 1 amide bonds. The van der Waals surface area contributed by atoms with Gasteiger partial charge in [-0.15, -0.1) is 0 Å². The monoisotopic (exact) mass is 323 g/mol. The van der Waals surface area contributed by atoms with Crippen LogP contribution in [0.1, 0.15) is 37.3 Å². The molecular weight excluding hydrogens is 298 g/mol. The van der Waals surface area contributed by atoms with E-state index in [1.165, 1.54) is 24.0 Å². The summed E-state index contributed by atoms with van der Waals surface area (Å²) >= 11 is 0. The van der Waals surface area contributed by atoms with Gasteiger partial charge in [-0.2, -0.15) is 0 Å². The van der Waals surface area contributed by atoms with E-state index in [0.29, 0.717) is 6.42 Å². The zero-order chi connectivity index (χ0) is 16.9. The largest absolute Gasteiger partial charge is 0.481 e. The Morgan fingerprint density at radius 2 is 1.79 bits per heavy atom. The van der Waals surface area contributed by atoms with Crippen LogP contribution < -0.4 is 9.64 Å². The van der Waals surface area contributed by atoms with Gasteiger partial charge in [0.15, 0.2) is 6.10 Å². The van der Waals surface area contributed by atoms with Gasteiger partial charge < -0.3 is 9.64 Å². The third kappa shape index (κ3) is 3.61. The molecule has 2 aromatic carbocycles. The first-order valence-corrected chi connectivity index (χ1v) is 8.80. The lowest BCUT2D eigenvalue weighted by Gasteiger charge is -2.24. The average molecular weight is 323 g/mol. The van der Waals surface area contributed by atoms with Crippen molar-refractivity contribution in [1.29, 1.82) is 0 Å². The standard InChI is InChI=1S/C21H25NO2/c1-3-20(21(23)22(2)18-11-5-4-6-12-18)24-19-14-13-16-9-7-8-10-17(16)15-19/h4-6,11-15,20H,3,7-10H2,1-2H3/t20-/m1/s1. The predicted molar refractivity (Wildman–Crippen MR) is 97.6 cm³/mol. The summed E-state index contributed by atoms with van der Waals surface area (Å²) in [6, 6.07) is 16.0. The molecule has 1 aliphatic rings. The minimum atomic E-state index is -0.461. The summed E-state index contributed by atoms with van der Waals surface area (Å²) in [6.45, 7) is 1.99. The maximum Gasteiger partial charge on any atom is 0.267 e. The van der Waals surface area contributed by atoms with Crippen molar-refractivity contribution in [3.8, 4) is 5.75 Å². The second-order valence-corrected chi connectivity index (χ2v) is 6.39. The quantitative estimate of drug-likeness (QED) is 0.817. The van der Waals surface area contributed by atoms with E-state index in [1.54, 1.807) is 11.9 Å². The molecule has 0 aliphatic heterocycles. The molecule has 3 rings (SSSR count). The molecule has 0 aromatic heterocycles. The lowest BCUT2D eigenvalue weighted by molar-refractivity contribution is -0.125. The fourth-order valence-electron chi connectivity index (χ4n) is 3.25. The fraction of sp³-hybridized carbons (Fsp3) is 0.381. The number of ether oxygens (including phenoxy) is 1. The molecule has 1 atom stereocenters. The Kier molecular flexibility index (Phi) is 5.19. The molecule has 0 heterocycles. The maximum absolute atomic E-state index is 12.8. The van der Waals surface area contributed by atoms with E-state index in [2.05, 4.69) is 12.1 Å². The minimum Gasteiger partial charge on any atom is -0.481 e. The molecule has 0 bridgehead atoms. The second kappa shape index (κ2) is 7.52. The number of benzene rings is 2. The molecule has 0 fully saturated rings. The van der Waals surface area contributed by atoms with Crippen LogP contribution in [0.5, 0.6) is 5.75 Å². The van der Waals surface area contributed by atoms with Gasteiger partial charge in [0.2, 0.25) is 0 Å². The third-order valence-electron chi connectivity index (χ3n) is 4.72. The van der Waals surface area contributed by atoms with Crippen LogP contribution in [0, 0.1) is 0 Å². The van der Waals surface area contributed by atoms with E-state index in [1.807, 2.05) is 43.3 Å². The highest BCUT2D eigenvalue weighted by Gasteiger charge is 2.23. The van der Waals surface area contributed by atoms with Crippen LogP contribution in [-0.2, 0) is 17.6 Å². The highest BCUT2D eigenvalue weighted by molar-refractivity contribution is 5.96. The number of nitrogens with zero attached hydrogens (tertiary/aromatic N) is 1. The Morgan fingerprint density at radius 1 is 1.08 bits per heavy atom. The van der Waals surface area contributed by atoms with Gasteiger partial charge in [0.25, 0.3) is 5.91 Å². The second-order valence-electron chi connectivity index (χ2n) is 6.39. The van der Waals surface area contributed by atoms with Crippen molar-refractivity contribution >= 4 is 11.6 Å². The van der Waals surface area contributed by atoms with Crippen LogP contribution in [0.25, 0.3) is 0 Å². The lowest BCUT2D eigenvalue weighted by Crippen LogP contribution is -2.39. The van der Waals surface area contributed by atoms with Gasteiger partial charge in [-0.3, -0.25) is 4.79 Å². The van der Waals surface area contributed by atoms with Crippen molar-refractivity contribution in [3.63, 3.8) is 0 Å². The van der Waals surface area contributed by atoms with Gasteiger partial charge >= 0.3 is 0 Å². The van der Waals surface area contributed by atoms with E-state index in [9.17, 15) is 4.79 Å². The van der Waals surface area contributed by atoms with Gasteiger partial charge in [0.1, 0.15) is 5.75 Å². The molecule has 0 N–H and O–H groups in total. The highest BCUT2D eigenvalue weighted by atomic mass is 16.5. The van der Waals surface area contributed by atoms with Crippen molar-refractivity contribution in [1.82, 2.24) is 0 Å². The molecule has 3 heteroatoms. The number of hydrogen-bond donors (Lipinski definition) is 0. The smallest absolute Gasteiger partial charge is 0.267 e. The first-order valence-electron chi connectivity index (χ1n) is 8.80. The minimum absolute atomic E-state index is 0.0126. The van der Waals surface area contributed by atoms with Gasteiger partial charge in [-0.1, -0.05) is 31.2 Å². The number of fused-ring (bicyclic) bond motifs is 1. The number of amides is 1. The summed E-state index contributed by atoms with van der Waals surface area (Å²) in [7, 11) is 1.80. The van der Waals surface area contributed by atoms with Crippen molar-refractivity contribution < 1.29 is 9.53 Å². The highest BCUT2D eigenvalue weighted by Crippen LogP contribution is 2.26. The van der Waals surface area contributed by atoms with Crippen LogP contribution in [0.15, 0.2) is 48.5 Å². The molecule has 0 saturated heterocycles. The number of likely N-dealkylation sites (N-methyl/N-ethyl adjacent to an activating group) is 1. The summed E-state index contributed by atoms with van der Waals surface area (Å²) in [5, 5.41) is 0. The lowest BCUT2D eigenvalue weighted by atomic mass is 9.92. The van der Waals surface area contributed by atoms with Crippen molar-refractivity contribution in [2.75, 3.05) is 11.9 Å². The zero-order valence-electron chi connectivity index (χ0n) is 14.5. The summed E-state index contributed by atoms with van der Waals surface area (Å²) in [4.78, 5) is 14.4. The first kappa shape index (κ1) is 16.6. The molecule has 126 valence electrons. The Hall–Kier alpha value is -2.29. The number of carbonyl (C=O) groups is 1. The maximum atomic E-state index is 12.8. The number of rotatable bonds is 5. The molecule has 0 spiro atoms. The topological polar surface area (TPSA) is 29.5 Å². The first-order chi connectivity index (χ1) is 11.7. The van der Waals surface area contributed by atoms with E-state index >= 15 is 0 Å². The Bertz CT molecular complexity index is 696. The molecule has 1 aliphatic carbocycles. The molecular formula is C21H25NO2. The average Bonchev–Trinajstić information content (AvgIpc) is 2.65. The Balaban J connectivity index is 1.73. The molecule has 0 unspecified atom stereocenters. The molecule has 0 radical (unpaired) electrons. The van der Waals surface area contributed by atoms with E-state index in [4.69, 9.17) is 4.74 Å². The summed E-state index contributed by atoms with van der Waals surface area (Å²) in [5.74, 6) is 0.790. The van der Waals surface area contributed by atoms with Crippen LogP contribution in [0.2, 0.25) is 0 Å². The zero-order valence-corrected chi connectivity index (χ0v) is 14.5. The van der Waals surface area contributed by atoms with Crippen LogP contribution >= 0.6 is 0 Å². The number of hydrogen-bond acceptors (Lipinski definition) is 2. The Morgan fingerprint density at radius 3 is 2.50 bits per heavy atom. The van der Waals surface area contributed by atoms with Crippen LogP contribution in [0.3, 0.4) is 0 Å². The summed E-state index contributed by atoms with van der Waals surface area (Å²) in [5.41, 5.74) is 3.68. The van der Waals surface area contributed by atoms with Crippen molar-refractivity contribution in [2.24, 2.45) is 0 Å². The number of anilines is 1. The van der Waals surface area contributed by atoms with Crippen molar-refractivity contribution in [3.05, 3.63) is 59.7 Å². The summed E-state index contributed by atoms with van der Waals surface area (Å²) in [6.07, 6.45) is 4.96. The van der Waals surface area contributed by atoms with Gasteiger partial charge in [0.05, 0.1) is 0 Å². The van der Waals surface area contributed by atoms with Gasteiger partial charge in [0, 0.05) is 12.7 Å². The predicted octanol–water partition coefficient (Wildman–Crippen LogP) is 4.39. The number of aryl methyl sites for hydroxylation is 2. The third-order valence-corrected chi connectivity index (χ3v) is 4.72. The van der Waals surface area contributed by atoms with Gasteiger partial charge in [-0.05, 0) is 67.5 Å².